The van der Waals surface area contributed by atoms with Crippen molar-refractivity contribution in [2.45, 2.75) is 6.92 Å². The molecule has 3 N–H and O–H groups in total. The molecule has 0 aliphatic rings. The third-order valence-corrected chi connectivity index (χ3v) is 3.23. The first-order valence-corrected chi connectivity index (χ1v) is 6.92. The highest BCUT2D eigenvalue weighted by molar-refractivity contribution is 5.81. The van der Waals surface area contributed by atoms with Crippen molar-refractivity contribution >= 4 is 22.9 Å². The summed E-state index contributed by atoms with van der Waals surface area (Å²) in [4.78, 5) is 16.5. The lowest BCUT2D eigenvalue weighted by Gasteiger charge is -2.02. The number of nitrogens with one attached hydrogen (secondary N) is 1. The summed E-state index contributed by atoms with van der Waals surface area (Å²) >= 11 is 0. The molecule has 0 atom stereocenters. The molecule has 0 amide bonds. The summed E-state index contributed by atoms with van der Waals surface area (Å²) < 4.78 is 4.98. The third kappa shape index (κ3) is 2.82. The first-order chi connectivity index (χ1) is 10.7. The molecule has 1 aromatic carbocycles. The molecule has 0 aliphatic carbocycles. The van der Waals surface area contributed by atoms with E-state index in [2.05, 4.69) is 19.9 Å². The van der Waals surface area contributed by atoms with E-state index in [1.165, 1.54) is 0 Å². The molecule has 22 heavy (non-hydrogen) atoms. The maximum atomic E-state index is 5.95. The van der Waals surface area contributed by atoms with Gasteiger partial charge in [-0.15, -0.1) is 0 Å². The topological polar surface area (TPSA) is 89.7 Å². The van der Waals surface area contributed by atoms with Crippen LogP contribution in [-0.2, 0) is 4.74 Å². The average Bonchev–Trinajstić information content (AvgIpc) is 2.92. The Kier molecular flexibility index (Phi) is 3.84. The SMILES string of the molecule is COC/C=C/c1cnc(N)c(-c2nc3ccc(C)cc3[nH]2)n1. The highest BCUT2D eigenvalue weighted by Gasteiger charge is 2.11. The third-order valence-electron chi connectivity index (χ3n) is 3.23. The Bertz CT molecular complexity index is 838. The van der Waals surface area contributed by atoms with Crippen LogP contribution in [0.15, 0.2) is 30.5 Å². The number of benzene rings is 1. The lowest BCUT2D eigenvalue weighted by molar-refractivity contribution is 0.234. The van der Waals surface area contributed by atoms with E-state index >= 15 is 0 Å². The number of hydrogen-bond donors (Lipinski definition) is 2. The van der Waals surface area contributed by atoms with Gasteiger partial charge in [-0.1, -0.05) is 12.1 Å². The van der Waals surface area contributed by atoms with Crippen LogP contribution in [0.4, 0.5) is 5.82 Å². The second-order valence-electron chi connectivity index (χ2n) is 4.99. The van der Waals surface area contributed by atoms with Gasteiger partial charge in [0.15, 0.2) is 11.6 Å². The number of imidazole rings is 1. The van der Waals surface area contributed by atoms with Crippen LogP contribution in [0.25, 0.3) is 28.6 Å². The lowest BCUT2D eigenvalue weighted by Crippen LogP contribution is -1.99. The largest absolute Gasteiger partial charge is 0.382 e. The molecule has 0 unspecified atom stereocenters. The Labute approximate surface area is 128 Å². The maximum Gasteiger partial charge on any atom is 0.161 e. The number of methoxy groups -OCH3 is 1. The molecule has 3 aromatic rings. The van der Waals surface area contributed by atoms with Crippen LogP contribution in [0.5, 0.6) is 0 Å². The number of ether oxygens (including phenoxy) is 1. The van der Waals surface area contributed by atoms with E-state index in [0.29, 0.717) is 29.6 Å². The van der Waals surface area contributed by atoms with Gasteiger partial charge in [-0.3, -0.25) is 0 Å². The minimum atomic E-state index is 0.347. The predicted molar refractivity (Wildman–Crippen MR) is 87.2 cm³/mol. The van der Waals surface area contributed by atoms with E-state index in [1.54, 1.807) is 13.3 Å². The molecule has 3 rings (SSSR count). The fraction of sp³-hybridized carbons (Fsp3) is 0.188. The molecule has 6 nitrogen and oxygen atoms in total. The molecule has 0 fully saturated rings. The van der Waals surface area contributed by atoms with Crippen LogP contribution in [0.2, 0.25) is 0 Å². The highest BCUT2D eigenvalue weighted by atomic mass is 16.5. The average molecular weight is 295 g/mol. The molecule has 0 bridgehead atoms. The molecule has 0 saturated heterocycles. The number of nitrogen functional groups attached to an aromatic ring is 1. The van der Waals surface area contributed by atoms with Crippen molar-refractivity contribution in [2.75, 3.05) is 19.5 Å². The van der Waals surface area contributed by atoms with E-state index in [0.717, 1.165) is 16.6 Å². The Morgan fingerprint density at radius 2 is 2.18 bits per heavy atom. The summed E-state index contributed by atoms with van der Waals surface area (Å²) in [6.07, 6.45) is 5.33. The molecule has 0 radical (unpaired) electrons. The summed E-state index contributed by atoms with van der Waals surface area (Å²) in [5.74, 6) is 0.965. The van der Waals surface area contributed by atoms with Crippen LogP contribution < -0.4 is 5.73 Å². The lowest BCUT2D eigenvalue weighted by atomic mass is 10.2. The smallest absolute Gasteiger partial charge is 0.161 e. The van der Waals surface area contributed by atoms with Crippen LogP contribution in [0.1, 0.15) is 11.3 Å². The quantitative estimate of drug-likeness (QED) is 0.772. The Balaban J connectivity index is 2.03. The van der Waals surface area contributed by atoms with E-state index in [1.807, 2.05) is 37.3 Å². The number of H-pyrrole nitrogens is 1. The maximum absolute atomic E-state index is 5.95. The zero-order valence-corrected chi connectivity index (χ0v) is 12.5. The number of hydrogen-bond acceptors (Lipinski definition) is 5. The highest BCUT2D eigenvalue weighted by Crippen LogP contribution is 2.23. The Morgan fingerprint density at radius 3 is 3.00 bits per heavy atom. The van der Waals surface area contributed by atoms with Crippen LogP contribution in [0, 0.1) is 6.92 Å². The number of aryl methyl sites for hydroxylation is 1. The first-order valence-electron chi connectivity index (χ1n) is 6.92. The molecule has 2 heterocycles. The zero-order chi connectivity index (χ0) is 15.5. The van der Waals surface area contributed by atoms with Crippen LogP contribution in [-0.4, -0.2) is 33.7 Å². The van der Waals surface area contributed by atoms with E-state index in [9.17, 15) is 0 Å². The predicted octanol–water partition coefficient (Wildman–Crippen LogP) is 2.57. The molecular formula is C16H17N5O. The van der Waals surface area contributed by atoms with Gasteiger partial charge >= 0.3 is 0 Å². The molecule has 6 heteroatoms. The monoisotopic (exact) mass is 295 g/mol. The Hall–Kier alpha value is -2.73. The fourth-order valence-corrected chi connectivity index (χ4v) is 2.17. The summed E-state index contributed by atoms with van der Waals surface area (Å²) in [5.41, 5.74) is 10.2. The van der Waals surface area contributed by atoms with Gasteiger partial charge in [0.25, 0.3) is 0 Å². The normalized spacial score (nSPS) is 11.5. The second kappa shape index (κ2) is 5.95. The van der Waals surface area contributed by atoms with Crippen LogP contribution >= 0.6 is 0 Å². The minimum absolute atomic E-state index is 0.347. The summed E-state index contributed by atoms with van der Waals surface area (Å²) in [5, 5.41) is 0. The standard InChI is InChI=1S/C16H17N5O/c1-10-5-6-12-13(8-10)21-16(20-12)14-15(17)18-9-11(19-14)4-3-7-22-2/h3-6,8-9H,7H2,1-2H3,(H2,17,18)(H,20,21)/b4-3+. The van der Waals surface area contributed by atoms with Crippen molar-refractivity contribution < 1.29 is 4.74 Å². The Morgan fingerprint density at radius 1 is 1.32 bits per heavy atom. The zero-order valence-electron chi connectivity index (χ0n) is 12.5. The van der Waals surface area contributed by atoms with Crippen molar-refractivity contribution in [1.82, 2.24) is 19.9 Å². The minimum Gasteiger partial charge on any atom is -0.382 e. The molecule has 0 spiro atoms. The van der Waals surface area contributed by atoms with Gasteiger partial charge in [-0.25, -0.2) is 15.0 Å². The van der Waals surface area contributed by atoms with Gasteiger partial charge in [0, 0.05) is 7.11 Å². The van der Waals surface area contributed by atoms with Gasteiger partial charge in [0.1, 0.15) is 5.69 Å². The molecular weight excluding hydrogens is 278 g/mol. The number of fused-ring (bicyclic) bond motifs is 1. The van der Waals surface area contributed by atoms with Crippen molar-refractivity contribution in [3.05, 3.63) is 41.7 Å². The van der Waals surface area contributed by atoms with Crippen molar-refractivity contribution in [3.8, 4) is 11.5 Å². The van der Waals surface area contributed by atoms with Gasteiger partial charge in [-0.2, -0.15) is 0 Å². The number of aromatic amines is 1. The molecule has 2 aromatic heterocycles. The number of nitrogens with zero attached hydrogens (tertiary/aromatic N) is 3. The number of rotatable bonds is 4. The van der Waals surface area contributed by atoms with E-state index < -0.39 is 0 Å². The summed E-state index contributed by atoms with van der Waals surface area (Å²) in [7, 11) is 1.64. The van der Waals surface area contributed by atoms with Gasteiger partial charge in [-0.05, 0) is 30.7 Å². The number of anilines is 1. The number of aromatic nitrogens is 4. The fourth-order valence-electron chi connectivity index (χ4n) is 2.17. The summed E-state index contributed by atoms with van der Waals surface area (Å²) in [6.45, 7) is 2.56. The van der Waals surface area contributed by atoms with E-state index in [4.69, 9.17) is 10.5 Å². The molecule has 0 saturated carbocycles. The van der Waals surface area contributed by atoms with Gasteiger partial charge in [0.05, 0.1) is 29.5 Å². The van der Waals surface area contributed by atoms with Gasteiger partial charge < -0.3 is 15.5 Å². The van der Waals surface area contributed by atoms with Crippen LogP contribution in [0.3, 0.4) is 0 Å². The van der Waals surface area contributed by atoms with Crippen molar-refractivity contribution in [2.24, 2.45) is 0 Å². The number of nitrogens with two attached hydrogens (primary N) is 1. The van der Waals surface area contributed by atoms with Gasteiger partial charge in [0.2, 0.25) is 0 Å². The molecule has 112 valence electrons. The molecule has 0 aliphatic heterocycles. The first kappa shape index (κ1) is 14.2. The van der Waals surface area contributed by atoms with E-state index in [-0.39, 0.29) is 0 Å². The van der Waals surface area contributed by atoms with Crippen molar-refractivity contribution in [3.63, 3.8) is 0 Å². The second-order valence-corrected chi connectivity index (χ2v) is 4.99. The van der Waals surface area contributed by atoms with Crippen molar-refractivity contribution in [1.29, 1.82) is 0 Å². The summed E-state index contributed by atoms with van der Waals surface area (Å²) in [6, 6.07) is 6.03.